The molecule has 0 bridgehead atoms. The zero-order chi connectivity index (χ0) is 12.0. The Morgan fingerprint density at radius 2 is 1.75 bits per heavy atom. The number of nitrogens with zero attached hydrogens (tertiary/aromatic N) is 2. The van der Waals surface area contributed by atoms with Crippen LogP contribution in [-0.2, 0) is 0 Å². The second kappa shape index (κ2) is 6.11. The van der Waals surface area contributed by atoms with Crippen LogP contribution in [0.5, 0.6) is 0 Å². The van der Waals surface area contributed by atoms with Crippen LogP contribution in [0.4, 0.5) is 5.82 Å². The third-order valence-corrected chi connectivity index (χ3v) is 2.45. The van der Waals surface area contributed by atoms with Crippen molar-refractivity contribution in [1.29, 1.82) is 0 Å². The van der Waals surface area contributed by atoms with Crippen LogP contribution < -0.4 is 4.90 Å². The fourth-order valence-corrected chi connectivity index (χ4v) is 1.43. The Morgan fingerprint density at radius 1 is 1.06 bits per heavy atom. The molecule has 0 radical (unpaired) electrons. The highest BCUT2D eigenvalue weighted by Gasteiger charge is 2.00. The molecule has 16 heavy (non-hydrogen) atoms. The molecule has 2 heteroatoms. The van der Waals surface area contributed by atoms with Crippen LogP contribution >= 0.6 is 0 Å². The monoisotopic (exact) mass is 216 g/mol. The molecule has 0 atom stereocenters. The molecular weight excluding hydrogens is 196 g/mol. The zero-order valence-corrected chi connectivity index (χ0v) is 10.6. The van der Waals surface area contributed by atoms with Gasteiger partial charge in [0.1, 0.15) is 5.82 Å². The van der Waals surface area contributed by atoms with Gasteiger partial charge in [-0.05, 0) is 25.1 Å². The van der Waals surface area contributed by atoms with Crippen LogP contribution in [0.2, 0.25) is 0 Å². The molecular formula is C14H20N2. The van der Waals surface area contributed by atoms with Gasteiger partial charge in [-0.3, -0.25) is 0 Å². The van der Waals surface area contributed by atoms with E-state index in [-0.39, 0.29) is 0 Å². The molecule has 1 heterocycles. The lowest BCUT2D eigenvalue weighted by atomic mass is 10.2. The van der Waals surface area contributed by atoms with E-state index < -0.39 is 0 Å². The molecule has 0 aliphatic heterocycles. The Hall–Kier alpha value is -1.57. The van der Waals surface area contributed by atoms with Crippen molar-refractivity contribution in [3.63, 3.8) is 0 Å². The minimum atomic E-state index is 0.978. The van der Waals surface area contributed by atoms with Gasteiger partial charge in [-0.15, -0.1) is 0 Å². The lowest BCUT2D eigenvalue weighted by Crippen LogP contribution is -2.16. The summed E-state index contributed by atoms with van der Waals surface area (Å²) in [6.07, 6.45) is 0. The molecule has 0 fully saturated rings. The number of pyridine rings is 1. The van der Waals surface area contributed by atoms with Crippen molar-refractivity contribution >= 4 is 16.7 Å². The Kier molecular flexibility index (Phi) is 4.77. The van der Waals surface area contributed by atoms with Gasteiger partial charge in [0.2, 0.25) is 0 Å². The summed E-state index contributed by atoms with van der Waals surface area (Å²) in [5.41, 5.74) is 1.06. The maximum absolute atomic E-state index is 4.57. The first kappa shape index (κ1) is 12.5. The molecule has 2 nitrogen and oxygen atoms in total. The van der Waals surface area contributed by atoms with Gasteiger partial charge in [-0.2, -0.15) is 0 Å². The van der Waals surface area contributed by atoms with Gasteiger partial charge in [0.05, 0.1) is 5.52 Å². The van der Waals surface area contributed by atoms with Crippen LogP contribution in [-0.4, -0.2) is 18.6 Å². The van der Waals surface area contributed by atoms with Crippen LogP contribution in [0.3, 0.4) is 0 Å². The van der Waals surface area contributed by atoms with Gasteiger partial charge in [-0.25, -0.2) is 4.98 Å². The van der Waals surface area contributed by atoms with Gasteiger partial charge < -0.3 is 4.90 Å². The largest absolute Gasteiger partial charge is 0.360 e. The summed E-state index contributed by atoms with van der Waals surface area (Å²) in [6.45, 7) is 7.10. The first-order valence-corrected chi connectivity index (χ1v) is 5.88. The van der Waals surface area contributed by atoms with Crippen LogP contribution in [0.15, 0.2) is 36.4 Å². The van der Waals surface area contributed by atoms with Gasteiger partial charge >= 0.3 is 0 Å². The van der Waals surface area contributed by atoms with Gasteiger partial charge in [0.25, 0.3) is 0 Å². The van der Waals surface area contributed by atoms with Gasteiger partial charge in [0, 0.05) is 19.0 Å². The average molecular weight is 216 g/mol. The molecule has 2 rings (SSSR count). The van der Waals surface area contributed by atoms with E-state index in [2.05, 4.69) is 42.1 Å². The molecule has 0 saturated heterocycles. The number of para-hydroxylation sites is 1. The third kappa shape index (κ3) is 2.72. The first-order valence-electron chi connectivity index (χ1n) is 5.88. The highest BCUT2D eigenvalue weighted by atomic mass is 15.1. The number of rotatable bonds is 2. The summed E-state index contributed by atoms with van der Waals surface area (Å²) in [6, 6.07) is 12.4. The molecule has 0 saturated carbocycles. The lowest BCUT2D eigenvalue weighted by Gasteiger charge is -2.15. The number of hydrogen-bond acceptors (Lipinski definition) is 2. The van der Waals surface area contributed by atoms with Crippen molar-refractivity contribution < 1.29 is 0 Å². The molecule has 0 amide bonds. The molecule has 1 aromatic carbocycles. The molecule has 0 aliphatic carbocycles. The second-order valence-corrected chi connectivity index (χ2v) is 3.38. The maximum atomic E-state index is 4.57. The van der Waals surface area contributed by atoms with Gasteiger partial charge in [-0.1, -0.05) is 32.0 Å². The van der Waals surface area contributed by atoms with Crippen molar-refractivity contribution in [1.82, 2.24) is 4.98 Å². The first-order chi connectivity index (χ1) is 7.81. The predicted octanol–water partition coefficient (Wildman–Crippen LogP) is 3.72. The third-order valence-electron chi connectivity index (χ3n) is 2.45. The summed E-state index contributed by atoms with van der Waals surface area (Å²) < 4.78 is 0. The molecule has 86 valence electrons. The minimum absolute atomic E-state index is 0.978. The fraction of sp³-hybridized carbons (Fsp3) is 0.357. The SMILES string of the molecule is CC.CCN(C)c1ccc2ccccc2n1. The summed E-state index contributed by atoms with van der Waals surface area (Å²) >= 11 is 0. The molecule has 0 unspecified atom stereocenters. The second-order valence-electron chi connectivity index (χ2n) is 3.38. The van der Waals surface area contributed by atoms with Gasteiger partial charge in [0.15, 0.2) is 0 Å². The zero-order valence-electron chi connectivity index (χ0n) is 10.6. The van der Waals surface area contributed by atoms with E-state index >= 15 is 0 Å². The van der Waals surface area contributed by atoms with E-state index in [9.17, 15) is 0 Å². The van der Waals surface area contributed by atoms with Crippen LogP contribution in [0.25, 0.3) is 10.9 Å². The predicted molar refractivity (Wildman–Crippen MR) is 72.0 cm³/mol. The maximum Gasteiger partial charge on any atom is 0.128 e. The Bertz CT molecular complexity index is 437. The minimum Gasteiger partial charge on any atom is -0.360 e. The molecule has 0 aliphatic rings. The van der Waals surface area contributed by atoms with Crippen molar-refractivity contribution in [3.05, 3.63) is 36.4 Å². The van der Waals surface area contributed by atoms with Crippen molar-refractivity contribution in [2.75, 3.05) is 18.5 Å². The van der Waals surface area contributed by atoms with E-state index in [1.807, 2.05) is 32.0 Å². The van der Waals surface area contributed by atoms with Crippen LogP contribution in [0, 0.1) is 0 Å². The van der Waals surface area contributed by atoms with Crippen molar-refractivity contribution in [2.45, 2.75) is 20.8 Å². The number of aromatic nitrogens is 1. The molecule has 2 aromatic rings. The highest BCUT2D eigenvalue weighted by Crippen LogP contribution is 2.16. The van der Waals surface area contributed by atoms with Crippen LogP contribution in [0.1, 0.15) is 20.8 Å². The van der Waals surface area contributed by atoms with E-state index in [0.717, 1.165) is 17.9 Å². The normalized spacial score (nSPS) is 9.50. The van der Waals surface area contributed by atoms with Crippen molar-refractivity contribution in [2.24, 2.45) is 0 Å². The standard InChI is InChI=1S/C12H14N2.C2H6/c1-3-14(2)12-9-8-10-6-4-5-7-11(10)13-12;1-2/h4-9H,3H2,1-2H3;1-2H3. The highest BCUT2D eigenvalue weighted by molar-refractivity contribution is 5.80. The van der Waals surface area contributed by atoms with E-state index in [1.54, 1.807) is 0 Å². The number of hydrogen-bond donors (Lipinski definition) is 0. The Balaban J connectivity index is 0.000000606. The lowest BCUT2D eigenvalue weighted by molar-refractivity contribution is 0.944. The van der Waals surface area contributed by atoms with E-state index in [4.69, 9.17) is 0 Å². The Morgan fingerprint density at radius 3 is 2.44 bits per heavy atom. The summed E-state index contributed by atoms with van der Waals surface area (Å²) in [5.74, 6) is 1.03. The fourth-order valence-electron chi connectivity index (χ4n) is 1.43. The Labute approximate surface area is 97.9 Å². The number of benzene rings is 1. The van der Waals surface area contributed by atoms with E-state index in [0.29, 0.717) is 0 Å². The summed E-state index contributed by atoms with van der Waals surface area (Å²) in [5, 5.41) is 1.20. The quantitative estimate of drug-likeness (QED) is 0.760. The van der Waals surface area contributed by atoms with E-state index in [1.165, 1.54) is 5.39 Å². The topological polar surface area (TPSA) is 16.1 Å². The molecule has 0 spiro atoms. The summed E-state index contributed by atoms with van der Waals surface area (Å²) in [7, 11) is 2.05. The average Bonchev–Trinajstić information content (AvgIpc) is 2.39. The number of fused-ring (bicyclic) bond motifs is 1. The molecule has 0 N–H and O–H groups in total. The smallest absolute Gasteiger partial charge is 0.128 e. The molecule has 1 aromatic heterocycles. The van der Waals surface area contributed by atoms with Crippen molar-refractivity contribution in [3.8, 4) is 0 Å². The number of anilines is 1. The summed E-state index contributed by atoms with van der Waals surface area (Å²) in [4.78, 5) is 6.70.